The van der Waals surface area contributed by atoms with Crippen molar-refractivity contribution in [2.24, 2.45) is 0 Å². The highest BCUT2D eigenvalue weighted by atomic mass is 32.2. The lowest BCUT2D eigenvalue weighted by Gasteiger charge is -2.37. The van der Waals surface area contributed by atoms with Gasteiger partial charge in [-0.25, -0.2) is 13.4 Å². The predicted octanol–water partition coefficient (Wildman–Crippen LogP) is 2.32. The van der Waals surface area contributed by atoms with E-state index in [1.165, 1.54) is 22.5 Å². The number of fused-ring (bicyclic) bond motifs is 1. The van der Waals surface area contributed by atoms with E-state index >= 15 is 0 Å². The lowest BCUT2D eigenvalue weighted by molar-refractivity contribution is -0.137. The van der Waals surface area contributed by atoms with E-state index < -0.39 is 27.9 Å². The van der Waals surface area contributed by atoms with Crippen molar-refractivity contribution in [2.75, 3.05) is 26.3 Å². The maximum atomic E-state index is 12.7. The first kappa shape index (κ1) is 18.8. The number of hydrogen-bond donors (Lipinski definition) is 0. The van der Waals surface area contributed by atoms with E-state index in [2.05, 4.69) is 4.98 Å². The van der Waals surface area contributed by atoms with Crippen LogP contribution in [0.1, 0.15) is 5.56 Å². The molecule has 2 aromatic rings. The van der Waals surface area contributed by atoms with Crippen molar-refractivity contribution in [3.63, 3.8) is 0 Å². The van der Waals surface area contributed by atoms with E-state index in [-0.39, 0.29) is 23.9 Å². The van der Waals surface area contributed by atoms with Crippen LogP contribution in [0.3, 0.4) is 0 Å². The average Bonchev–Trinajstić information content (AvgIpc) is 2.63. The highest BCUT2D eigenvalue weighted by molar-refractivity contribution is 7.89. The van der Waals surface area contributed by atoms with Gasteiger partial charge in [-0.2, -0.15) is 17.5 Å². The van der Waals surface area contributed by atoms with Crippen LogP contribution in [0, 0.1) is 0 Å². The maximum absolute atomic E-state index is 12.7. The fourth-order valence-corrected chi connectivity index (χ4v) is 4.34. The van der Waals surface area contributed by atoms with Gasteiger partial charge in [-0.05, 0) is 18.2 Å². The van der Waals surface area contributed by atoms with Gasteiger partial charge in [-0.1, -0.05) is 0 Å². The first-order chi connectivity index (χ1) is 13.2. The lowest BCUT2D eigenvalue weighted by Crippen LogP contribution is -2.56. The molecule has 2 aliphatic rings. The zero-order valence-corrected chi connectivity index (χ0v) is 15.2. The summed E-state index contributed by atoms with van der Waals surface area (Å²) in [5, 5.41) is 0. The smallest absolute Gasteiger partial charge is 0.416 e. The van der Waals surface area contributed by atoms with Gasteiger partial charge in [0.15, 0.2) is 11.5 Å². The van der Waals surface area contributed by atoms with E-state index in [4.69, 9.17) is 14.2 Å². The second-order valence-corrected chi connectivity index (χ2v) is 8.19. The molecule has 11 heteroatoms. The van der Waals surface area contributed by atoms with Crippen LogP contribution in [0.5, 0.6) is 17.4 Å². The summed E-state index contributed by atoms with van der Waals surface area (Å²) in [6.45, 7) is 0.747. The third-order valence-corrected chi connectivity index (χ3v) is 6.14. The molecule has 3 heterocycles. The molecule has 0 radical (unpaired) electrons. The van der Waals surface area contributed by atoms with Gasteiger partial charge in [-0.15, -0.1) is 0 Å². The Bertz CT molecular complexity index is 991. The average molecular weight is 416 g/mol. The number of pyridine rings is 1. The van der Waals surface area contributed by atoms with Crippen LogP contribution in [0.15, 0.2) is 41.4 Å². The van der Waals surface area contributed by atoms with E-state index in [9.17, 15) is 21.6 Å². The summed E-state index contributed by atoms with van der Waals surface area (Å²) in [6, 6.07) is 5.98. The largest absolute Gasteiger partial charge is 0.486 e. The molecule has 0 aliphatic carbocycles. The van der Waals surface area contributed by atoms with Crippen LogP contribution in [0.2, 0.25) is 0 Å². The SMILES string of the molecule is O=S(=O)(c1ccc2c(c1)OCCO2)N1CC(Oc2cc(C(F)(F)F)ccn2)C1. The Balaban J connectivity index is 1.42. The molecule has 1 aromatic carbocycles. The molecule has 28 heavy (non-hydrogen) atoms. The van der Waals surface area contributed by atoms with Gasteiger partial charge in [0.05, 0.1) is 23.5 Å². The van der Waals surface area contributed by atoms with Gasteiger partial charge in [0.25, 0.3) is 0 Å². The van der Waals surface area contributed by atoms with Crippen molar-refractivity contribution < 1.29 is 35.8 Å². The Morgan fingerprint density at radius 3 is 2.50 bits per heavy atom. The number of ether oxygens (including phenoxy) is 3. The minimum Gasteiger partial charge on any atom is -0.486 e. The highest BCUT2D eigenvalue weighted by Gasteiger charge is 2.39. The molecule has 0 atom stereocenters. The first-order valence-corrected chi connectivity index (χ1v) is 9.77. The van der Waals surface area contributed by atoms with Crippen LogP contribution in [0.4, 0.5) is 13.2 Å². The third kappa shape index (κ3) is 3.59. The molecule has 0 unspecified atom stereocenters. The van der Waals surface area contributed by atoms with Crippen molar-refractivity contribution in [3.8, 4) is 17.4 Å². The molecule has 0 bridgehead atoms. The molecule has 0 N–H and O–H groups in total. The van der Waals surface area contributed by atoms with Gasteiger partial charge < -0.3 is 14.2 Å². The molecule has 2 aliphatic heterocycles. The Morgan fingerprint density at radius 1 is 1.07 bits per heavy atom. The normalized spacial score (nSPS) is 17.8. The molecule has 1 aromatic heterocycles. The van der Waals surface area contributed by atoms with E-state index in [0.717, 1.165) is 18.3 Å². The summed E-state index contributed by atoms with van der Waals surface area (Å²) < 4.78 is 80.9. The number of hydrogen-bond acceptors (Lipinski definition) is 6. The number of halogens is 3. The molecule has 4 rings (SSSR count). The topological polar surface area (TPSA) is 78.0 Å². The number of alkyl halides is 3. The zero-order valence-electron chi connectivity index (χ0n) is 14.3. The Labute approximate surface area is 158 Å². The van der Waals surface area contributed by atoms with E-state index in [1.54, 1.807) is 0 Å². The fourth-order valence-electron chi connectivity index (χ4n) is 2.83. The summed E-state index contributed by atoms with van der Waals surface area (Å²) in [5.41, 5.74) is -0.877. The number of sulfonamides is 1. The van der Waals surface area contributed by atoms with Crippen molar-refractivity contribution in [3.05, 3.63) is 42.1 Å². The summed E-state index contributed by atoms with van der Waals surface area (Å²) >= 11 is 0. The molecule has 1 saturated heterocycles. The van der Waals surface area contributed by atoms with Crippen molar-refractivity contribution in [1.82, 2.24) is 9.29 Å². The second kappa shape index (κ2) is 6.82. The van der Waals surface area contributed by atoms with Crippen LogP contribution in [0.25, 0.3) is 0 Å². The highest BCUT2D eigenvalue weighted by Crippen LogP contribution is 2.35. The maximum Gasteiger partial charge on any atom is 0.416 e. The van der Waals surface area contributed by atoms with Crippen LogP contribution < -0.4 is 14.2 Å². The number of benzene rings is 1. The molecule has 0 spiro atoms. The zero-order chi connectivity index (χ0) is 19.9. The van der Waals surface area contributed by atoms with Crippen LogP contribution >= 0.6 is 0 Å². The van der Waals surface area contributed by atoms with Crippen molar-refractivity contribution >= 4 is 10.0 Å². The van der Waals surface area contributed by atoms with E-state index in [1.807, 2.05) is 0 Å². The van der Waals surface area contributed by atoms with Gasteiger partial charge in [0.2, 0.25) is 15.9 Å². The second-order valence-electron chi connectivity index (χ2n) is 6.25. The lowest BCUT2D eigenvalue weighted by atomic mass is 10.2. The molecular formula is C17H15F3N2O5S. The van der Waals surface area contributed by atoms with Gasteiger partial charge in [-0.3, -0.25) is 0 Å². The predicted molar refractivity (Wildman–Crippen MR) is 89.8 cm³/mol. The number of aromatic nitrogens is 1. The van der Waals surface area contributed by atoms with Crippen LogP contribution in [-0.4, -0.2) is 50.1 Å². The van der Waals surface area contributed by atoms with Gasteiger partial charge in [0.1, 0.15) is 19.3 Å². The van der Waals surface area contributed by atoms with Crippen molar-refractivity contribution in [1.29, 1.82) is 0 Å². The fraction of sp³-hybridized carbons (Fsp3) is 0.353. The Morgan fingerprint density at radius 2 is 1.79 bits per heavy atom. The van der Waals surface area contributed by atoms with Crippen LogP contribution in [-0.2, 0) is 16.2 Å². The summed E-state index contributed by atoms with van der Waals surface area (Å²) in [5.74, 6) is 0.635. The van der Waals surface area contributed by atoms with E-state index in [0.29, 0.717) is 24.7 Å². The number of rotatable bonds is 4. The standard InChI is InChI=1S/C17H15F3N2O5S/c18-17(19,20)11-3-4-21-16(7-11)27-12-9-22(10-12)28(23,24)13-1-2-14-15(8-13)26-6-5-25-14/h1-4,7-8,12H,5-6,9-10H2. The Hall–Kier alpha value is -2.53. The van der Waals surface area contributed by atoms with Gasteiger partial charge in [0, 0.05) is 18.3 Å². The molecule has 7 nitrogen and oxygen atoms in total. The molecule has 0 saturated carbocycles. The molecule has 1 fully saturated rings. The summed E-state index contributed by atoms with van der Waals surface area (Å²) in [4.78, 5) is 3.80. The molecule has 0 amide bonds. The first-order valence-electron chi connectivity index (χ1n) is 8.33. The van der Waals surface area contributed by atoms with Gasteiger partial charge >= 0.3 is 6.18 Å². The van der Waals surface area contributed by atoms with Crippen molar-refractivity contribution in [2.45, 2.75) is 17.2 Å². The molecule has 150 valence electrons. The Kier molecular flexibility index (Phi) is 4.58. The monoisotopic (exact) mass is 416 g/mol. The minimum atomic E-state index is -4.51. The third-order valence-electron chi connectivity index (χ3n) is 4.32. The minimum absolute atomic E-state index is 0.00863. The number of nitrogens with zero attached hydrogens (tertiary/aromatic N) is 2. The summed E-state index contributed by atoms with van der Waals surface area (Å²) in [7, 11) is -3.77. The molecular weight excluding hydrogens is 401 g/mol. The summed E-state index contributed by atoms with van der Waals surface area (Å²) in [6.07, 6.45) is -4.09. The quantitative estimate of drug-likeness (QED) is 0.762.